The molecule has 0 saturated carbocycles. The smallest absolute Gasteiger partial charge is 0.240 e. The van der Waals surface area contributed by atoms with Crippen LogP contribution in [0.4, 0.5) is 0 Å². The van der Waals surface area contributed by atoms with Gasteiger partial charge in [-0.15, -0.1) is 0 Å². The Hall–Kier alpha value is -1.61. The molecule has 0 bridgehead atoms. The van der Waals surface area contributed by atoms with Gasteiger partial charge >= 0.3 is 0 Å². The summed E-state index contributed by atoms with van der Waals surface area (Å²) in [4.78, 5) is 0.672. The van der Waals surface area contributed by atoms with Gasteiger partial charge in [0.25, 0.3) is 0 Å². The van der Waals surface area contributed by atoms with Crippen LogP contribution in [0.2, 0.25) is 0 Å². The van der Waals surface area contributed by atoms with Crippen molar-refractivity contribution in [1.29, 1.82) is 0 Å². The van der Waals surface area contributed by atoms with Gasteiger partial charge in [0.05, 0.1) is 4.90 Å². The molecule has 3 heteroatoms. The summed E-state index contributed by atoms with van der Waals surface area (Å²) in [6, 6.07) is 16.7. The third kappa shape index (κ3) is 2.49. The normalized spacial score (nSPS) is 12.1. The van der Waals surface area contributed by atoms with Crippen LogP contribution in [-0.2, 0) is 11.1 Å². The number of benzene rings is 2. The fraction of sp³-hybridized carbons (Fsp3) is 0.0769. The molecule has 2 rings (SSSR count). The van der Waals surface area contributed by atoms with Crippen molar-refractivity contribution in [3.05, 3.63) is 60.2 Å². The van der Waals surface area contributed by atoms with Crippen molar-refractivity contribution in [2.75, 3.05) is 0 Å². The molecule has 0 heterocycles. The monoisotopic (exact) mass is 232 g/mol. The van der Waals surface area contributed by atoms with Gasteiger partial charge < -0.3 is 4.18 Å². The number of para-hydroxylation sites is 1. The van der Waals surface area contributed by atoms with Crippen molar-refractivity contribution in [3.63, 3.8) is 0 Å². The zero-order chi connectivity index (χ0) is 11.4. The first kappa shape index (κ1) is 10.9. The molecule has 16 heavy (non-hydrogen) atoms. The van der Waals surface area contributed by atoms with Gasteiger partial charge in [0, 0.05) is 0 Å². The van der Waals surface area contributed by atoms with Gasteiger partial charge in [-0.25, -0.2) is 4.21 Å². The standard InChI is InChI=1S/C13H12O2S/c1-11-7-5-6-10-13(11)15-16(14)12-8-3-2-4-9-12/h2-10H,1H3. The molecule has 0 aliphatic heterocycles. The van der Waals surface area contributed by atoms with E-state index in [9.17, 15) is 4.21 Å². The van der Waals surface area contributed by atoms with Crippen LogP contribution in [0.3, 0.4) is 0 Å². The van der Waals surface area contributed by atoms with E-state index in [1.807, 2.05) is 49.4 Å². The quantitative estimate of drug-likeness (QED) is 0.812. The summed E-state index contributed by atoms with van der Waals surface area (Å²) in [5, 5.41) is 0. The Morgan fingerprint density at radius 3 is 2.25 bits per heavy atom. The first-order chi connectivity index (χ1) is 7.77. The van der Waals surface area contributed by atoms with Crippen molar-refractivity contribution in [2.45, 2.75) is 11.8 Å². The lowest BCUT2D eigenvalue weighted by Crippen LogP contribution is -2.01. The highest BCUT2D eigenvalue weighted by atomic mass is 32.2. The molecule has 0 aromatic heterocycles. The van der Waals surface area contributed by atoms with Crippen LogP contribution in [0, 0.1) is 6.92 Å². The minimum absolute atomic E-state index is 0.657. The van der Waals surface area contributed by atoms with Crippen molar-refractivity contribution in [3.8, 4) is 5.75 Å². The Labute approximate surface area is 97.6 Å². The third-order valence-corrected chi connectivity index (χ3v) is 3.18. The fourth-order valence-corrected chi connectivity index (χ4v) is 2.14. The SMILES string of the molecule is Cc1ccccc1OS(=O)c1ccccc1. The molecule has 0 spiro atoms. The Bertz CT molecular complexity index is 494. The summed E-state index contributed by atoms with van der Waals surface area (Å²) in [6.07, 6.45) is 0. The first-order valence-electron chi connectivity index (χ1n) is 4.98. The van der Waals surface area contributed by atoms with Crippen LogP contribution in [0.25, 0.3) is 0 Å². The maximum Gasteiger partial charge on any atom is 0.240 e. The molecule has 0 fully saturated rings. The topological polar surface area (TPSA) is 26.3 Å². The zero-order valence-corrected chi connectivity index (χ0v) is 9.74. The Morgan fingerprint density at radius 1 is 0.938 bits per heavy atom. The molecule has 0 aliphatic carbocycles. The second-order valence-corrected chi connectivity index (χ2v) is 4.50. The molecule has 0 N–H and O–H groups in total. The average molecular weight is 232 g/mol. The maximum atomic E-state index is 11.9. The molecule has 0 saturated heterocycles. The molecule has 0 radical (unpaired) electrons. The highest BCUT2D eigenvalue weighted by molar-refractivity contribution is 7.80. The number of hydrogen-bond acceptors (Lipinski definition) is 2. The second-order valence-electron chi connectivity index (χ2n) is 3.40. The molecule has 2 nitrogen and oxygen atoms in total. The summed E-state index contributed by atoms with van der Waals surface area (Å²) in [5.74, 6) is 0.657. The number of rotatable bonds is 3. The van der Waals surface area contributed by atoms with E-state index in [1.165, 1.54) is 0 Å². The molecule has 1 unspecified atom stereocenters. The van der Waals surface area contributed by atoms with Crippen molar-refractivity contribution >= 4 is 11.1 Å². The van der Waals surface area contributed by atoms with E-state index in [4.69, 9.17) is 4.18 Å². The van der Waals surface area contributed by atoms with Crippen LogP contribution < -0.4 is 4.18 Å². The van der Waals surface area contributed by atoms with Gasteiger partial charge in [0.15, 0.2) is 0 Å². The van der Waals surface area contributed by atoms with Gasteiger partial charge in [0.1, 0.15) is 5.75 Å². The summed E-state index contributed by atoms with van der Waals surface area (Å²) in [7, 11) is 0. The molecule has 1 atom stereocenters. The highest BCUT2D eigenvalue weighted by Crippen LogP contribution is 2.19. The fourth-order valence-electron chi connectivity index (χ4n) is 1.31. The number of hydrogen-bond donors (Lipinski definition) is 0. The first-order valence-corrected chi connectivity index (χ1v) is 6.05. The summed E-state index contributed by atoms with van der Waals surface area (Å²) in [6.45, 7) is 1.93. The lowest BCUT2D eigenvalue weighted by atomic mass is 10.2. The van der Waals surface area contributed by atoms with Crippen LogP contribution in [0.5, 0.6) is 5.75 Å². The van der Waals surface area contributed by atoms with Gasteiger partial charge in [-0.3, -0.25) is 0 Å². The van der Waals surface area contributed by atoms with E-state index in [0.29, 0.717) is 10.6 Å². The van der Waals surface area contributed by atoms with Crippen molar-refractivity contribution in [1.82, 2.24) is 0 Å². The predicted octanol–water partition coefficient (Wildman–Crippen LogP) is 3.10. The molecule has 2 aromatic rings. The van der Waals surface area contributed by atoms with Gasteiger partial charge in [0.2, 0.25) is 11.1 Å². The number of aryl methyl sites for hydroxylation is 1. The van der Waals surface area contributed by atoms with Gasteiger partial charge in [-0.1, -0.05) is 36.4 Å². The van der Waals surface area contributed by atoms with E-state index in [0.717, 1.165) is 5.56 Å². The van der Waals surface area contributed by atoms with E-state index in [1.54, 1.807) is 12.1 Å². The van der Waals surface area contributed by atoms with Crippen LogP contribution in [-0.4, -0.2) is 4.21 Å². The zero-order valence-electron chi connectivity index (χ0n) is 8.92. The van der Waals surface area contributed by atoms with E-state index >= 15 is 0 Å². The molecule has 82 valence electrons. The van der Waals surface area contributed by atoms with E-state index in [2.05, 4.69) is 0 Å². The van der Waals surface area contributed by atoms with Crippen LogP contribution in [0.1, 0.15) is 5.56 Å². The second kappa shape index (κ2) is 4.94. The third-order valence-electron chi connectivity index (χ3n) is 2.19. The molecular formula is C13H12O2S. The molecular weight excluding hydrogens is 220 g/mol. The minimum atomic E-state index is -1.44. The summed E-state index contributed by atoms with van der Waals surface area (Å²) < 4.78 is 17.3. The molecule has 0 aliphatic rings. The Morgan fingerprint density at radius 2 is 1.56 bits per heavy atom. The van der Waals surface area contributed by atoms with E-state index < -0.39 is 11.1 Å². The van der Waals surface area contributed by atoms with Gasteiger partial charge in [-0.05, 0) is 30.7 Å². The van der Waals surface area contributed by atoms with Crippen molar-refractivity contribution < 1.29 is 8.39 Å². The summed E-state index contributed by atoms with van der Waals surface area (Å²) >= 11 is -1.44. The maximum absolute atomic E-state index is 11.9. The highest BCUT2D eigenvalue weighted by Gasteiger charge is 2.06. The average Bonchev–Trinajstić information content (AvgIpc) is 2.33. The lowest BCUT2D eigenvalue weighted by molar-refractivity contribution is 0.559. The largest absolute Gasteiger partial charge is 0.397 e. The van der Waals surface area contributed by atoms with Crippen LogP contribution >= 0.6 is 0 Å². The Kier molecular flexibility index (Phi) is 3.37. The van der Waals surface area contributed by atoms with Crippen molar-refractivity contribution in [2.24, 2.45) is 0 Å². The van der Waals surface area contributed by atoms with Gasteiger partial charge in [-0.2, -0.15) is 0 Å². The van der Waals surface area contributed by atoms with E-state index in [-0.39, 0.29) is 0 Å². The minimum Gasteiger partial charge on any atom is -0.397 e. The predicted molar refractivity (Wildman–Crippen MR) is 64.7 cm³/mol. The lowest BCUT2D eigenvalue weighted by Gasteiger charge is -2.06. The molecule has 2 aromatic carbocycles. The summed E-state index contributed by atoms with van der Waals surface area (Å²) in [5.41, 5.74) is 0.979. The molecule has 0 amide bonds. The van der Waals surface area contributed by atoms with Crippen LogP contribution in [0.15, 0.2) is 59.5 Å². The Balaban J connectivity index is 2.18.